The van der Waals surface area contributed by atoms with Gasteiger partial charge in [0.2, 0.25) is 0 Å². The molecule has 4 nitrogen and oxygen atoms in total. The topological polar surface area (TPSA) is 64.3 Å². The molecule has 0 atom stereocenters. The minimum atomic E-state index is -0.416. The zero-order chi connectivity index (χ0) is 14.5. The van der Waals surface area contributed by atoms with Crippen LogP contribution in [-0.4, -0.2) is 12.6 Å². The molecule has 0 saturated heterocycles. The van der Waals surface area contributed by atoms with Crippen LogP contribution >= 0.6 is 15.9 Å². The summed E-state index contributed by atoms with van der Waals surface area (Å²) in [6, 6.07) is 12.9. The lowest BCUT2D eigenvalue weighted by Crippen LogP contribution is -2.08. The summed E-state index contributed by atoms with van der Waals surface area (Å²) < 4.78 is 5.92. The quantitative estimate of drug-likeness (QED) is 0.656. The van der Waals surface area contributed by atoms with E-state index in [-0.39, 0.29) is 0 Å². The average molecular weight is 335 g/mol. The van der Waals surface area contributed by atoms with E-state index in [1.807, 2.05) is 30.3 Å². The molecule has 0 heterocycles. The van der Waals surface area contributed by atoms with Crippen LogP contribution in [0.4, 0.5) is 17.1 Å². The molecule has 0 aliphatic heterocycles. The maximum atomic E-state index is 11.8. The number of halogens is 1. The number of nitrogen functional groups attached to an aromatic ring is 1. The van der Waals surface area contributed by atoms with Gasteiger partial charge in [0.15, 0.2) is 0 Å². The van der Waals surface area contributed by atoms with Crippen LogP contribution in [0, 0.1) is 0 Å². The molecule has 0 saturated carbocycles. The summed E-state index contributed by atoms with van der Waals surface area (Å²) in [7, 11) is 0. The van der Waals surface area contributed by atoms with Crippen LogP contribution in [0.15, 0.2) is 46.9 Å². The Morgan fingerprint density at radius 3 is 2.75 bits per heavy atom. The second kappa shape index (κ2) is 6.43. The third-order valence-electron chi connectivity index (χ3n) is 2.70. The number of nitrogens with one attached hydrogen (secondary N) is 1. The summed E-state index contributed by atoms with van der Waals surface area (Å²) in [6.07, 6.45) is 0. The van der Waals surface area contributed by atoms with E-state index < -0.39 is 5.97 Å². The first-order valence-electron chi connectivity index (χ1n) is 6.20. The van der Waals surface area contributed by atoms with E-state index in [4.69, 9.17) is 10.5 Å². The van der Waals surface area contributed by atoms with E-state index in [9.17, 15) is 4.79 Å². The fourth-order valence-electron chi connectivity index (χ4n) is 1.74. The number of esters is 1. The summed E-state index contributed by atoms with van der Waals surface area (Å²) in [4.78, 5) is 11.8. The molecule has 2 rings (SSSR count). The van der Waals surface area contributed by atoms with E-state index in [1.165, 1.54) is 0 Å². The maximum absolute atomic E-state index is 11.8. The van der Waals surface area contributed by atoms with Crippen LogP contribution in [0.5, 0.6) is 0 Å². The van der Waals surface area contributed by atoms with Crippen LogP contribution in [-0.2, 0) is 4.74 Å². The molecular formula is C15H15BrN2O2. The lowest BCUT2D eigenvalue weighted by atomic mass is 10.1. The molecule has 0 radical (unpaired) electrons. The highest BCUT2D eigenvalue weighted by Gasteiger charge is 2.12. The standard InChI is InChI=1S/C15H15BrN2O2/c1-2-20-15(19)11-9-10(7-8-13(11)17)18-14-6-4-3-5-12(14)16/h3-9,18H,2,17H2,1H3. The summed E-state index contributed by atoms with van der Waals surface area (Å²) in [5.74, 6) is -0.416. The predicted octanol–water partition coefficient (Wildman–Crippen LogP) is 3.95. The average Bonchev–Trinajstić information content (AvgIpc) is 2.43. The van der Waals surface area contributed by atoms with Crippen molar-refractivity contribution in [3.05, 3.63) is 52.5 Å². The van der Waals surface area contributed by atoms with Crippen molar-refractivity contribution in [3.8, 4) is 0 Å². The molecule has 0 unspecified atom stereocenters. The van der Waals surface area contributed by atoms with E-state index >= 15 is 0 Å². The molecule has 20 heavy (non-hydrogen) atoms. The number of benzene rings is 2. The van der Waals surface area contributed by atoms with Crippen molar-refractivity contribution in [2.24, 2.45) is 0 Å². The number of hydrogen-bond acceptors (Lipinski definition) is 4. The third kappa shape index (κ3) is 3.30. The maximum Gasteiger partial charge on any atom is 0.340 e. The number of hydrogen-bond donors (Lipinski definition) is 2. The van der Waals surface area contributed by atoms with E-state index in [2.05, 4.69) is 21.2 Å². The minimum Gasteiger partial charge on any atom is -0.462 e. The summed E-state index contributed by atoms with van der Waals surface area (Å²) in [5, 5.41) is 3.23. The SMILES string of the molecule is CCOC(=O)c1cc(Nc2ccccc2Br)ccc1N. The number of ether oxygens (including phenoxy) is 1. The van der Waals surface area contributed by atoms with Gasteiger partial charge in [-0.1, -0.05) is 12.1 Å². The molecule has 0 aromatic heterocycles. The molecule has 0 fully saturated rings. The Morgan fingerprint density at radius 1 is 1.30 bits per heavy atom. The molecular weight excluding hydrogens is 320 g/mol. The van der Waals surface area contributed by atoms with Crippen molar-refractivity contribution in [1.29, 1.82) is 0 Å². The van der Waals surface area contributed by atoms with Gasteiger partial charge in [0.1, 0.15) is 0 Å². The van der Waals surface area contributed by atoms with Crippen molar-refractivity contribution >= 4 is 39.0 Å². The Hall–Kier alpha value is -2.01. The van der Waals surface area contributed by atoms with Crippen LogP contribution in [0.25, 0.3) is 0 Å². The minimum absolute atomic E-state index is 0.320. The summed E-state index contributed by atoms with van der Waals surface area (Å²) in [6.45, 7) is 2.08. The summed E-state index contributed by atoms with van der Waals surface area (Å²) in [5.41, 5.74) is 8.26. The van der Waals surface area contributed by atoms with Gasteiger partial charge in [-0.2, -0.15) is 0 Å². The number of carbonyl (C=O) groups excluding carboxylic acids is 1. The van der Waals surface area contributed by atoms with Crippen LogP contribution < -0.4 is 11.1 Å². The van der Waals surface area contributed by atoms with Gasteiger partial charge < -0.3 is 15.8 Å². The smallest absolute Gasteiger partial charge is 0.340 e. The van der Waals surface area contributed by atoms with Gasteiger partial charge in [-0.15, -0.1) is 0 Å². The molecule has 0 amide bonds. The van der Waals surface area contributed by atoms with Crippen LogP contribution in [0.1, 0.15) is 17.3 Å². The number of para-hydroxylation sites is 1. The van der Waals surface area contributed by atoms with E-state index in [1.54, 1.807) is 19.1 Å². The van der Waals surface area contributed by atoms with Gasteiger partial charge in [0.05, 0.1) is 17.9 Å². The van der Waals surface area contributed by atoms with Gasteiger partial charge in [-0.25, -0.2) is 4.79 Å². The summed E-state index contributed by atoms with van der Waals surface area (Å²) >= 11 is 3.46. The predicted molar refractivity (Wildman–Crippen MR) is 84.2 cm³/mol. The van der Waals surface area contributed by atoms with Crippen molar-refractivity contribution < 1.29 is 9.53 Å². The zero-order valence-electron chi connectivity index (χ0n) is 11.0. The fraction of sp³-hybridized carbons (Fsp3) is 0.133. The third-order valence-corrected chi connectivity index (χ3v) is 3.39. The number of anilines is 3. The van der Waals surface area contributed by atoms with Gasteiger partial charge in [-0.05, 0) is 53.2 Å². The largest absolute Gasteiger partial charge is 0.462 e. The van der Waals surface area contributed by atoms with Crippen molar-refractivity contribution in [2.45, 2.75) is 6.92 Å². The van der Waals surface area contributed by atoms with Gasteiger partial charge >= 0.3 is 5.97 Å². The Bertz CT molecular complexity index is 629. The first kappa shape index (κ1) is 14.4. The molecule has 0 spiro atoms. The molecule has 0 aliphatic carbocycles. The molecule has 0 aliphatic rings. The fourth-order valence-corrected chi connectivity index (χ4v) is 2.12. The van der Waals surface area contributed by atoms with Gasteiger partial charge in [0.25, 0.3) is 0 Å². The molecule has 2 aromatic carbocycles. The zero-order valence-corrected chi connectivity index (χ0v) is 12.6. The molecule has 5 heteroatoms. The van der Waals surface area contributed by atoms with Crippen molar-refractivity contribution in [1.82, 2.24) is 0 Å². The number of carbonyl (C=O) groups is 1. The first-order chi connectivity index (χ1) is 9.61. The monoisotopic (exact) mass is 334 g/mol. The highest BCUT2D eigenvalue weighted by atomic mass is 79.9. The first-order valence-corrected chi connectivity index (χ1v) is 6.99. The molecule has 0 bridgehead atoms. The lowest BCUT2D eigenvalue weighted by molar-refractivity contribution is 0.0527. The number of nitrogens with two attached hydrogens (primary N) is 1. The second-order valence-corrected chi connectivity index (χ2v) is 4.98. The normalized spacial score (nSPS) is 10.1. The molecule has 104 valence electrons. The highest BCUT2D eigenvalue weighted by Crippen LogP contribution is 2.27. The Balaban J connectivity index is 2.28. The second-order valence-electron chi connectivity index (χ2n) is 4.13. The Kier molecular flexibility index (Phi) is 4.63. The van der Waals surface area contributed by atoms with Crippen molar-refractivity contribution in [2.75, 3.05) is 17.7 Å². The van der Waals surface area contributed by atoms with Crippen LogP contribution in [0.2, 0.25) is 0 Å². The Labute approximate surface area is 126 Å². The van der Waals surface area contributed by atoms with Gasteiger partial charge in [0, 0.05) is 15.8 Å². The highest BCUT2D eigenvalue weighted by molar-refractivity contribution is 9.10. The van der Waals surface area contributed by atoms with E-state index in [0.29, 0.717) is 17.9 Å². The van der Waals surface area contributed by atoms with Gasteiger partial charge in [-0.3, -0.25) is 0 Å². The number of rotatable bonds is 4. The lowest BCUT2D eigenvalue weighted by Gasteiger charge is -2.11. The molecule has 3 N–H and O–H groups in total. The Morgan fingerprint density at radius 2 is 2.05 bits per heavy atom. The van der Waals surface area contributed by atoms with E-state index in [0.717, 1.165) is 15.8 Å². The molecule has 2 aromatic rings. The van der Waals surface area contributed by atoms with Crippen molar-refractivity contribution in [3.63, 3.8) is 0 Å². The van der Waals surface area contributed by atoms with Crippen LogP contribution in [0.3, 0.4) is 0 Å².